The fraction of sp³-hybridized carbons (Fsp3) is 0.167. The van der Waals surface area contributed by atoms with Crippen LogP contribution in [0, 0.1) is 10.1 Å². The highest BCUT2D eigenvalue weighted by atomic mass is 19.4. The molecule has 176 valence electrons. The van der Waals surface area contributed by atoms with Crippen LogP contribution in [0.15, 0.2) is 72.8 Å². The Morgan fingerprint density at radius 1 is 1.03 bits per heavy atom. The summed E-state index contributed by atoms with van der Waals surface area (Å²) in [5.74, 6) is -1.83. The van der Waals surface area contributed by atoms with E-state index in [1.165, 1.54) is 13.0 Å². The smallest absolute Gasteiger partial charge is 0.418 e. The molecule has 3 aromatic carbocycles. The van der Waals surface area contributed by atoms with Gasteiger partial charge in [-0.1, -0.05) is 48.5 Å². The minimum absolute atomic E-state index is 0.220. The number of esters is 1. The van der Waals surface area contributed by atoms with Crippen LogP contribution in [-0.2, 0) is 22.1 Å². The molecule has 0 heterocycles. The standard InChI is InChI=1S/C24H19F3N2O5/c1-15(22(30)28-21-12-11-18(29(32)33)14-20(21)24(25,26)27)34-23(31)19-10-6-5-9-17(19)13-16-7-3-2-4-8-16/h2-12,14-15H,13H2,1H3,(H,28,30). The number of halogens is 3. The van der Waals surface area contributed by atoms with E-state index in [4.69, 9.17) is 4.74 Å². The predicted octanol–water partition coefficient (Wildman–Crippen LogP) is 5.39. The van der Waals surface area contributed by atoms with Crippen molar-refractivity contribution in [2.24, 2.45) is 0 Å². The van der Waals surface area contributed by atoms with Gasteiger partial charge in [0.25, 0.3) is 11.6 Å². The second-order valence-electron chi connectivity index (χ2n) is 7.34. The molecule has 0 aliphatic heterocycles. The van der Waals surface area contributed by atoms with Crippen LogP contribution in [0.1, 0.15) is 34.0 Å². The van der Waals surface area contributed by atoms with E-state index in [9.17, 15) is 32.9 Å². The number of alkyl halides is 3. The monoisotopic (exact) mass is 472 g/mol. The van der Waals surface area contributed by atoms with Gasteiger partial charge in [-0.05, 0) is 36.6 Å². The predicted molar refractivity (Wildman–Crippen MR) is 117 cm³/mol. The Hall–Kier alpha value is -4.21. The topological polar surface area (TPSA) is 98.5 Å². The number of hydrogen-bond donors (Lipinski definition) is 1. The fourth-order valence-electron chi connectivity index (χ4n) is 3.19. The van der Waals surface area contributed by atoms with Crippen LogP contribution in [0.4, 0.5) is 24.5 Å². The van der Waals surface area contributed by atoms with Crippen LogP contribution in [0.5, 0.6) is 0 Å². The highest BCUT2D eigenvalue weighted by Crippen LogP contribution is 2.37. The molecule has 3 rings (SSSR count). The number of carbonyl (C=O) groups excluding carboxylic acids is 2. The molecule has 1 unspecified atom stereocenters. The minimum atomic E-state index is -4.95. The van der Waals surface area contributed by atoms with E-state index < -0.39 is 46.0 Å². The molecule has 0 saturated carbocycles. The summed E-state index contributed by atoms with van der Waals surface area (Å²) in [4.78, 5) is 35.0. The minimum Gasteiger partial charge on any atom is -0.449 e. The number of carbonyl (C=O) groups is 2. The summed E-state index contributed by atoms with van der Waals surface area (Å²) in [6, 6.07) is 17.9. The van der Waals surface area contributed by atoms with Gasteiger partial charge in [-0.15, -0.1) is 0 Å². The molecule has 0 fully saturated rings. The van der Waals surface area contributed by atoms with E-state index in [0.717, 1.165) is 17.7 Å². The maximum Gasteiger partial charge on any atom is 0.418 e. The molecule has 0 aliphatic rings. The summed E-state index contributed by atoms with van der Waals surface area (Å²) in [5, 5.41) is 12.8. The van der Waals surface area contributed by atoms with Crippen molar-refractivity contribution in [2.75, 3.05) is 5.32 Å². The van der Waals surface area contributed by atoms with Crippen molar-refractivity contribution in [3.8, 4) is 0 Å². The SMILES string of the molecule is CC(OC(=O)c1ccccc1Cc1ccccc1)C(=O)Nc1ccc([N+](=O)[O-])cc1C(F)(F)F. The number of nitrogens with zero attached hydrogens (tertiary/aromatic N) is 1. The van der Waals surface area contributed by atoms with Crippen molar-refractivity contribution >= 4 is 23.3 Å². The molecule has 3 aromatic rings. The van der Waals surface area contributed by atoms with Crippen molar-refractivity contribution in [2.45, 2.75) is 25.6 Å². The largest absolute Gasteiger partial charge is 0.449 e. The van der Waals surface area contributed by atoms with Crippen LogP contribution in [0.3, 0.4) is 0 Å². The average Bonchev–Trinajstić information content (AvgIpc) is 2.79. The molecule has 0 saturated heterocycles. The molecule has 10 heteroatoms. The van der Waals surface area contributed by atoms with Crippen LogP contribution in [0.25, 0.3) is 0 Å². The molecule has 0 radical (unpaired) electrons. The lowest BCUT2D eigenvalue weighted by atomic mass is 10.00. The second kappa shape index (κ2) is 10.2. The molecular weight excluding hydrogens is 453 g/mol. The van der Waals surface area contributed by atoms with E-state index in [2.05, 4.69) is 0 Å². The molecule has 1 atom stereocenters. The summed E-state index contributed by atoms with van der Waals surface area (Å²) in [6.07, 6.45) is -5.96. The lowest BCUT2D eigenvalue weighted by Gasteiger charge is -2.17. The number of anilines is 1. The molecule has 1 N–H and O–H groups in total. The van der Waals surface area contributed by atoms with Crippen molar-refractivity contribution in [1.29, 1.82) is 0 Å². The third-order valence-corrected chi connectivity index (χ3v) is 4.90. The Labute approximate surface area is 192 Å². The molecule has 0 bridgehead atoms. The molecule has 7 nitrogen and oxygen atoms in total. The van der Waals surface area contributed by atoms with Gasteiger partial charge in [0.2, 0.25) is 0 Å². The lowest BCUT2D eigenvalue weighted by molar-refractivity contribution is -0.385. The van der Waals surface area contributed by atoms with Gasteiger partial charge in [0.15, 0.2) is 6.10 Å². The maximum absolute atomic E-state index is 13.3. The summed E-state index contributed by atoms with van der Waals surface area (Å²) in [6.45, 7) is 1.21. The second-order valence-corrected chi connectivity index (χ2v) is 7.34. The van der Waals surface area contributed by atoms with Crippen LogP contribution < -0.4 is 5.32 Å². The Morgan fingerprint density at radius 2 is 1.68 bits per heavy atom. The lowest BCUT2D eigenvalue weighted by Crippen LogP contribution is -2.31. The van der Waals surface area contributed by atoms with Crippen molar-refractivity contribution in [3.63, 3.8) is 0 Å². The highest BCUT2D eigenvalue weighted by molar-refractivity contribution is 5.98. The number of nitrogens with one attached hydrogen (secondary N) is 1. The van der Waals surface area contributed by atoms with Crippen LogP contribution in [0.2, 0.25) is 0 Å². The first-order valence-corrected chi connectivity index (χ1v) is 10.1. The number of nitro groups is 1. The van der Waals surface area contributed by atoms with Crippen molar-refractivity contribution in [1.82, 2.24) is 0 Å². The van der Waals surface area contributed by atoms with Crippen LogP contribution in [-0.4, -0.2) is 22.9 Å². The third-order valence-electron chi connectivity index (χ3n) is 4.90. The Balaban J connectivity index is 1.75. The Kier molecular flexibility index (Phi) is 7.30. The Bertz CT molecular complexity index is 1210. The van der Waals surface area contributed by atoms with E-state index in [1.54, 1.807) is 18.2 Å². The quantitative estimate of drug-likeness (QED) is 0.283. The zero-order chi connectivity index (χ0) is 24.9. The van der Waals surface area contributed by atoms with Gasteiger partial charge in [-0.3, -0.25) is 14.9 Å². The van der Waals surface area contributed by atoms with Gasteiger partial charge in [-0.25, -0.2) is 4.79 Å². The molecule has 1 amide bonds. The number of hydrogen-bond acceptors (Lipinski definition) is 5. The fourth-order valence-corrected chi connectivity index (χ4v) is 3.19. The summed E-state index contributed by atoms with van der Waals surface area (Å²) < 4.78 is 45.2. The van der Waals surface area contributed by atoms with E-state index >= 15 is 0 Å². The van der Waals surface area contributed by atoms with Gasteiger partial charge in [0.1, 0.15) is 0 Å². The number of non-ortho nitro benzene ring substituents is 1. The average molecular weight is 472 g/mol. The number of benzene rings is 3. The van der Waals surface area contributed by atoms with Gasteiger partial charge in [-0.2, -0.15) is 13.2 Å². The van der Waals surface area contributed by atoms with E-state index in [-0.39, 0.29) is 5.56 Å². The van der Waals surface area contributed by atoms with Gasteiger partial charge < -0.3 is 10.1 Å². The third kappa shape index (κ3) is 5.97. The van der Waals surface area contributed by atoms with Crippen molar-refractivity contribution in [3.05, 3.63) is 105 Å². The van der Waals surface area contributed by atoms with Gasteiger partial charge in [0.05, 0.1) is 21.7 Å². The number of ether oxygens (including phenoxy) is 1. The molecule has 0 aliphatic carbocycles. The maximum atomic E-state index is 13.3. The zero-order valence-electron chi connectivity index (χ0n) is 17.8. The first kappa shape index (κ1) is 24.4. The zero-order valence-corrected chi connectivity index (χ0v) is 17.8. The number of rotatable bonds is 7. The Morgan fingerprint density at radius 3 is 2.32 bits per heavy atom. The first-order chi connectivity index (χ1) is 16.1. The van der Waals surface area contributed by atoms with Crippen molar-refractivity contribution < 1.29 is 32.4 Å². The number of nitro benzene ring substituents is 1. The summed E-state index contributed by atoms with van der Waals surface area (Å²) in [7, 11) is 0. The van der Waals surface area contributed by atoms with Gasteiger partial charge in [0, 0.05) is 12.1 Å². The van der Waals surface area contributed by atoms with Gasteiger partial charge >= 0.3 is 12.1 Å². The molecule has 0 spiro atoms. The highest BCUT2D eigenvalue weighted by Gasteiger charge is 2.36. The molecular formula is C24H19F3N2O5. The molecule has 34 heavy (non-hydrogen) atoms. The molecule has 0 aromatic heterocycles. The normalized spacial score (nSPS) is 12.0. The van der Waals surface area contributed by atoms with E-state index in [1.807, 2.05) is 35.6 Å². The van der Waals surface area contributed by atoms with Crippen LogP contribution >= 0.6 is 0 Å². The number of amides is 1. The summed E-state index contributed by atoms with van der Waals surface area (Å²) in [5.41, 5.74) is -1.03. The van der Waals surface area contributed by atoms with E-state index in [0.29, 0.717) is 18.1 Å². The summed E-state index contributed by atoms with van der Waals surface area (Å²) >= 11 is 0. The first-order valence-electron chi connectivity index (χ1n) is 10.1.